The van der Waals surface area contributed by atoms with Crippen LogP contribution in [-0.4, -0.2) is 19.5 Å². The maximum Gasteiger partial charge on any atom is 0.0470 e. The number of ether oxygens (including phenoxy) is 1. The van der Waals surface area contributed by atoms with Crippen molar-refractivity contribution in [2.75, 3.05) is 25.2 Å². The van der Waals surface area contributed by atoms with Crippen LogP contribution in [0.5, 0.6) is 0 Å². The van der Waals surface area contributed by atoms with Gasteiger partial charge in [0.1, 0.15) is 0 Å². The molecule has 0 aliphatic carbocycles. The zero-order valence-corrected chi connectivity index (χ0v) is 9.35. The molecule has 0 unspecified atom stereocenters. The molecule has 0 spiro atoms. The van der Waals surface area contributed by atoms with Gasteiger partial charge in [0.05, 0.1) is 0 Å². The van der Waals surface area contributed by atoms with E-state index in [4.69, 9.17) is 10.5 Å². The predicted molar refractivity (Wildman–Crippen MR) is 63.5 cm³/mol. The van der Waals surface area contributed by atoms with Crippen molar-refractivity contribution < 1.29 is 4.74 Å². The highest BCUT2D eigenvalue weighted by molar-refractivity contribution is 7.98. The number of thioether (sulfide) groups is 1. The van der Waals surface area contributed by atoms with E-state index in [1.54, 1.807) is 7.11 Å². The second kappa shape index (κ2) is 6.74. The normalized spacial score (nSPS) is 10.4. The van der Waals surface area contributed by atoms with Gasteiger partial charge in [-0.25, -0.2) is 0 Å². The van der Waals surface area contributed by atoms with E-state index in [9.17, 15) is 0 Å². The topological polar surface area (TPSA) is 35.2 Å². The minimum atomic E-state index is 0.845. The van der Waals surface area contributed by atoms with Crippen LogP contribution in [0.25, 0.3) is 0 Å². The Morgan fingerprint density at radius 2 is 2.14 bits per heavy atom. The molecule has 0 atom stereocenters. The minimum absolute atomic E-state index is 0.845. The number of rotatable bonds is 6. The summed E-state index contributed by atoms with van der Waals surface area (Å²) in [5.41, 5.74) is 7.95. The third-order valence-electron chi connectivity index (χ3n) is 1.95. The van der Waals surface area contributed by atoms with E-state index in [-0.39, 0.29) is 0 Å². The van der Waals surface area contributed by atoms with Crippen molar-refractivity contribution in [1.82, 2.24) is 0 Å². The van der Waals surface area contributed by atoms with Crippen LogP contribution >= 0.6 is 11.8 Å². The molecule has 0 aromatic heterocycles. The van der Waals surface area contributed by atoms with Gasteiger partial charge in [0.25, 0.3) is 0 Å². The molecule has 0 aliphatic heterocycles. The second-order valence-electron chi connectivity index (χ2n) is 3.10. The van der Waals surface area contributed by atoms with Crippen LogP contribution in [0.3, 0.4) is 0 Å². The molecular formula is C11H17NOS. The van der Waals surface area contributed by atoms with Gasteiger partial charge < -0.3 is 10.5 Å². The molecular weight excluding hydrogens is 194 g/mol. The van der Waals surface area contributed by atoms with Crippen molar-refractivity contribution in [3.8, 4) is 0 Å². The number of nitrogen functional groups attached to an aromatic ring is 1. The van der Waals surface area contributed by atoms with Crippen LogP contribution in [0.2, 0.25) is 0 Å². The molecule has 14 heavy (non-hydrogen) atoms. The first-order valence-corrected chi connectivity index (χ1v) is 5.90. The SMILES string of the molecule is COCCCSCc1ccccc1N. The fourth-order valence-corrected chi connectivity index (χ4v) is 2.10. The largest absolute Gasteiger partial charge is 0.398 e. The maximum absolute atomic E-state index is 5.82. The molecule has 3 heteroatoms. The summed E-state index contributed by atoms with van der Waals surface area (Å²) >= 11 is 1.90. The summed E-state index contributed by atoms with van der Waals surface area (Å²) in [7, 11) is 1.74. The van der Waals surface area contributed by atoms with E-state index >= 15 is 0 Å². The molecule has 1 aromatic carbocycles. The maximum atomic E-state index is 5.82. The standard InChI is InChI=1S/C11H17NOS/c1-13-7-4-8-14-9-10-5-2-3-6-11(10)12/h2-3,5-6H,4,7-9,12H2,1H3. The molecule has 1 rings (SSSR count). The lowest BCUT2D eigenvalue weighted by Crippen LogP contribution is -1.94. The Morgan fingerprint density at radius 1 is 1.36 bits per heavy atom. The first-order valence-electron chi connectivity index (χ1n) is 4.74. The van der Waals surface area contributed by atoms with Crippen LogP contribution in [0.4, 0.5) is 5.69 Å². The minimum Gasteiger partial charge on any atom is -0.398 e. The van der Waals surface area contributed by atoms with Gasteiger partial charge in [-0.3, -0.25) is 0 Å². The van der Waals surface area contributed by atoms with Crippen molar-refractivity contribution in [2.45, 2.75) is 12.2 Å². The Kier molecular flexibility index (Phi) is 5.49. The summed E-state index contributed by atoms with van der Waals surface area (Å²) < 4.78 is 4.98. The summed E-state index contributed by atoms with van der Waals surface area (Å²) in [6, 6.07) is 8.03. The van der Waals surface area contributed by atoms with E-state index in [1.807, 2.05) is 30.0 Å². The Hall–Kier alpha value is -0.670. The average molecular weight is 211 g/mol. The Balaban J connectivity index is 2.21. The molecule has 0 bridgehead atoms. The first-order chi connectivity index (χ1) is 6.84. The van der Waals surface area contributed by atoms with Gasteiger partial charge in [0.15, 0.2) is 0 Å². The zero-order chi connectivity index (χ0) is 10.2. The van der Waals surface area contributed by atoms with Crippen molar-refractivity contribution >= 4 is 17.4 Å². The number of hydrogen-bond donors (Lipinski definition) is 1. The Labute approximate surface area is 89.8 Å². The van der Waals surface area contributed by atoms with Gasteiger partial charge in [0, 0.05) is 25.2 Å². The van der Waals surface area contributed by atoms with Crippen molar-refractivity contribution in [3.63, 3.8) is 0 Å². The number of para-hydroxylation sites is 1. The van der Waals surface area contributed by atoms with Gasteiger partial charge in [-0.15, -0.1) is 0 Å². The van der Waals surface area contributed by atoms with Crippen LogP contribution in [-0.2, 0) is 10.5 Å². The zero-order valence-electron chi connectivity index (χ0n) is 8.53. The molecule has 2 nitrogen and oxygen atoms in total. The van der Waals surface area contributed by atoms with Crippen molar-refractivity contribution in [3.05, 3.63) is 29.8 Å². The molecule has 1 aromatic rings. The number of benzene rings is 1. The lowest BCUT2D eigenvalue weighted by atomic mass is 10.2. The molecule has 0 radical (unpaired) electrons. The first kappa shape index (κ1) is 11.4. The summed E-state index contributed by atoms with van der Waals surface area (Å²) in [6.45, 7) is 0.845. The van der Waals surface area contributed by atoms with Crippen molar-refractivity contribution in [1.29, 1.82) is 0 Å². The van der Waals surface area contributed by atoms with Crippen LogP contribution in [0, 0.1) is 0 Å². The molecule has 0 fully saturated rings. The van der Waals surface area contributed by atoms with Gasteiger partial charge in [-0.1, -0.05) is 18.2 Å². The lowest BCUT2D eigenvalue weighted by Gasteiger charge is -2.04. The summed E-state index contributed by atoms with van der Waals surface area (Å²) in [4.78, 5) is 0. The average Bonchev–Trinajstić information content (AvgIpc) is 2.20. The quantitative estimate of drug-likeness (QED) is 0.580. The number of methoxy groups -OCH3 is 1. The van der Waals surface area contributed by atoms with Crippen molar-refractivity contribution in [2.24, 2.45) is 0 Å². The summed E-state index contributed by atoms with van der Waals surface area (Å²) in [5.74, 6) is 2.12. The van der Waals surface area contributed by atoms with Gasteiger partial charge in [-0.2, -0.15) is 11.8 Å². The predicted octanol–water partition coefficient (Wildman–Crippen LogP) is 2.54. The monoisotopic (exact) mass is 211 g/mol. The molecule has 0 saturated heterocycles. The number of hydrogen-bond acceptors (Lipinski definition) is 3. The molecule has 78 valence electrons. The van der Waals surface area contributed by atoms with E-state index < -0.39 is 0 Å². The summed E-state index contributed by atoms with van der Waals surface area (Å²) in [6.07, 6.45) is 1.11. The van der Waals surface area contributed by atoms with Crippen LogP contribution in [0.1, 0.15) is 12.0 Å². The third-order valence-corrected chi connectivity index (χ3v) is 3.04. The van der Waals surface area contributed by atoms with E-state index in [1.165, 1.54) is 5.56 Å². The fraction of sp³-hybridized carbons (Fsp3) is 0.455. The van der Waals surface area contributed by atoms with Gasteiger partial charge in [-0.05, 0) is 23.8 Å². The number of anilines is 1. The highest BCUT2D eigenvalue weighted by atomic mass is 32.2. The molecule has 0 aliphatic rings. The Bertz CT molecular complexity index is 265. The van der Waals surface area contributed by atoms with Crippen LogP contribution < -0.4 is 5.73 Å². The van der Waals surface area contributed by atoms with Gasteiger partial charge in [0.2, 0.25) is 0 Å². The lowest BCUT2D eigenvalue weighted by molar-refractivity contribution is 0.200. The van der Waals surface area contributed by atoms with Crippen LogP contribution in [0.15, 0.2) is 24.3 Å². The smallest absolute Gasteiger partial charge is 0.0470 e. The summed E-state index contributed by atoms with van der Waals surface area (Å²) in [5, 5.41) is 0. The third kappa shape index (κ3) is 4.03. The van der Waals surface area contributed by atoms with E-state index in [0.717, 1.165) is 30.2 Å². The number of nitrogens with two attached hydrogens (primary N) is 1. The highest BCUT2D eigenvalue weighted by Gasteiger charge is 1.97. The second-order valence-corrected chi connectivity index (χ2v) is 4.20. The fourth-order valence-electron chi connectivity index (χ4n) is 1.15. The van der Waals surface area contributed by atoms with E-state index in [0.29, 0.717) is 0 Å². The highest BCUT2D eigenvalue weighted by Crippen LogP contribution is 2.18. The Morgan fingerprint density at radius 3 is 2.86 bits per heavy atom. The molecule has 0 amide bonds. The molecule has 0 saturated carbocycles. The molecule has 0 heterocycles. The van der Waals surface area contributed by atoms with Gasteiger partial charge >= 0.3 is 0 Å². The van der Waals surface area contributed by atoms with E-state index in [2.05, 4.69) is 6.07 Å². The molecule has 2 N–H and O–H groups in total.